The van der Waals surface area contributed by atoms with Crippen LogP contribution in [0.4, 0.5) is 0 Å². The smallest absolute Gasteiger partial charge is 0.350 e. The first-order valence-electron chi connectivity index (χ1n) is 7.23. The Labute approximate surface area is 137 Å². The third-order valence-corrected chi connectivity index (χ3v) is 4.23. The Balaban J connectivity index is 1.51. The molecule has 0 unspecified atom stereocenters. The van der Waals surface area contributed by atoms with E-state index in [0.29, 0.717) is 12.2 Å². The lowest BCUT2D eigenvalue weighted by Gasteiger charge is -2.04. The lowest BCUT2D eigenvalue weighted by molar-refractivity contribution is -0.121. The monoisotopic (exact) mass is 328 g/mol. The maximum Gasteiger partial charge on any atom is 0.350 e. The first-order chi connectivity index (χ1) is 11.2. The van der Waals surface area contributed by atoms with Crippen molar-refractivity contribution in [3.63, 3.8) is 0 Å². The molecule has 2 heterocycles. The summed E-state index contributed by atoms with van der Waals surface area (Å²) < 4.78 is 2.59. The Bertz CT molecular complexity index is 857. The van der Waals surface area contributed by atoms with Gasteiger partial charge in [0.15, 0.2) is 5.65 Å². The molecule has 0 aliphatic carbocycles. The van der Waals surface area contributed by atoms with Gasteiger partial charge in [-0.3, -0.25) is 9.20 Å². The number of carbonyl (C=O) groups is 1. The molecule has 3 aromatic rings. The van der Waals surface area contributed by atoms with Crippen LogP contribution in [-0.4, -0.2) is 32.4 Å². The van der Waals surface area contributed by atoms with E-state index in [1.807, 2.05) is 30.3 Å². The van der Waals surface area contributed by atoms with Crippen LogP contribution in [0.3, 0.4) is 0 Å². The largest absolute Gasteiger partial charge is 0.354 e. The summed E-state index contributed by atoms with van der Waals surface area (Å²) in [5, 5.41) is 6.93. The van der Waals surface area contributed by atoms with E-state index in [1.165, 1.54) is 14.0 Å². The van der Waals surface area contributed by atoms with E-state index in [4.69, 9.17) is 0 Å². The van der Waals surface area contributed by atoms with Gasteiger partial charge in [-0.2, -0.15) is 0 Å². The van der Waals surface area contributed by atoms with Gasteiger partial charge in [-0.25, -0.2) is 9.48 Å². The van der Waals surface area contributed by atoms with Crippen molar-refractivity contribution in [2.24, 2.45) is 0 Å². The predicted molar refractivity (Wildman–Crippen MR) is 89.6 cm³/mol. The number of nitrogens with zero attached hydrogens (tertiary/aromatic N) is 3. The van der Waals surface area contributed by atoms with Crippen LogP contribution in [0, 0.1) is 0 Å². The van der Waals surface area contributed by atoms with Gasteiger partial charge in [0.05, 0.1) is 0 Å². The van der Waals surface area contributed by atoms with Crippen LogP contribution < -0.4 is 11.0 Å². The lowest BCUT2D eigenvalue weighted by atomic mass is 10.4. The fourth-order valence-corrected chi connectivity index (χ4v) is 2.93. The van der Waals surface area contributed by atoms with Crippen molar-refractivity contribution in [1.29, 1.82) is 0 Å². The van der Waals surface area contributed by atoms with Crippen molar-refractivity contribution in [2.45, 2.75) is 11.4 Å². The minimum atomic E-state index is -0.311. The van der Waals surface area contributed by atoms with Crippen LogP contribution in [0.2, 0.25) is 0 Å². The molecule has 0 saturated carbocycles. The van der Waals surface area contributed by atoms with Crippen LogP contribution in [0.25, 0.3) is 5.65 Å². The molecule has 7 heteroatoms. The maximum absolute atomic E-state index is 12.1. The Morgan fingerprint density at radius 1 is 1.13 bits per heavy atom. The van der Waals surface area contributed by atoms with Crippen molar-refractivity contribution in [3.8, 4) is 0 Å². The topological polar surface area (TPSA) is 68.4 Å². The molecule has 0 atom stereocenters. The zero-order chi connectivity index (χ0) is 16.1. The summed E-state index contributed by atoms with van der Waals surface area (Å²) in [6, 6.07) is 15.3. The first-order valence-corrected chi connectivity index (χ1v) is 8.21. The van der Waals surface area contributed by atoms with Gasteiger partial charge in [-0.1, -0.05) is 24.3 Å². The van der Waals surface area contributed by atoms with E-state index in [-0.39, 0.29) is 18.1 Å². The highest BCUT2D eigenvalue weighted by molar-refractivity contribution is 7.99. The number of benzene rings is 1. The summed E-state index contributed by atoms with van der Waals surface area (Å²) in [5.74, 6) is 0.555. The minimum Gasteiger partial charge on any atom is -0.354 e. The molecule has 0 spiro atoms. The number of hydrogen-bond donors (Lipinski definition) is 1. The van der Waals surface area contributed by atoms with Crippen molar-refractivity contribution in [3.05, 3.63) is 65.2 Å². The van der Waals surface area contributed by atoms with Gasteiger partial charge < -0.3 is 5.32 Å². The van der Waals surface area contributed by atoms with E-state index in [1.54, 1.807) is 36.2 Å². The van der Waals surface area contributed by atoms with Gasteiger partial charge in [0, 0.05) is 23.4 Å². The third kappa shape index (κ3) is 3.81. The van der Waals surface area contributed by atoms with Gasteiger partial charge in [0.2, 0.25) is 5.91 Å². The summed E-state index contributed by atoms with van der Waals surface area (Å²) >= 11 is 1.67. The van der Waals surface area contributed by atoms with Crippen molar-refractivity contribution < 1.29 is 4.79 Å². The Kier molecular flexibility index (Phi) is 4.77. The average Bonchev–Trinajstić information content (AvgIpc) is 2.89. The molecule has 1 amide bonds. The molecule has 0 aliphatic rings. The second-order valence-electron chi connectivity index (χ2n) is 4.88. The van der Waals surface area contributed by atoms with Crippen molar-refractivity contribution in [1.82, 2.24) is 19.5 Å². The molecule has 118 valence electrons. The molecule has 0 radical (unpaired) electrons. The SMILES string of the molecule is O=C(Cn1nc2ccccn2c1=O)NCCSc1ccccc1. The molecule has 2 aromatic heterocycles. The number of carbonyl (C=O) groups excluding carboxylic acids is 1. The number of rotatable bonds is 6. The molecule has 1 aromatic carbocycles. The number of fused-ring (bicyclic) bond motifs is 1. The highest BCUT2D eigenvalue weighted by Gasteiger charge is 2.09. The molecule has 0 bridgehead atoms. The number of nitrogens with one attached hydrogen (secondary N) is 1. The number of thioether (sulfide) groups is 1. The van der Waals surface area contributed by atoms with Crippen LogP contribution >= 0.6 is 11.8 Å². The molecular weight excluding hydrogens is 312 g/mol. The van der Waals surface area contributed by atoms with Gasteiger partial charge in [-0.05, 0) is 24.3 Å². The fourth-order valence-electron chi connectivity index (χ4n) is 2.14. The van der Waals surface area contributed by atoms with Crippen LogP contribution in [0.1, 0.15) is 0 Å². The van der Waals surface area contributed by atoms with E-state index < -0.39 is 0 Å². The van der Waals surface area contributed by atoms with Crippen molar-refractivity contribution >= 4 is 23.3 Å². The molecule has 6 nitrogen and oxygen atoms in total. The van der Waals surface area contributed by atoms with Gasteiger partial charge in [-0.15, -0.1) is 16.9 Å². The highest BCUT2D eigenvalue weighted by atomic mass is 32.2. The Morgan fingerprint density at radius 3 is 2.70 bits per heavy atom. The van der Waals surface area contributed by atoms with Crippen LogP contribution in [0.5, 0.6) is 0 Å². The molecule has 23 heavy (non-hydrogen) atoms. The third-order valence-electron chi connectivity index (χ3n) is 3.22. The van der Waals surface area contributed by atoms with E-state index >= 15 is 0 Å². The average molecular weight is 328 g/mol. The second-order valence-corrected chi connectivity index (χ2v) is 6.05. The highest BCUT2D eigenvalue weighted by Crippen LogP contribution is 2.15. The standard InChI is InChI=1S/C16H16N4O2S/c21-15(17-9-11-23-13-6-2-1-3-7-13)12-20-16(22)19-10-5-4-8-14(19)18-20/h1-8,10H,9,11-12H2,(H,17,21). The summed E-state index contributed by atoms with van der Waals surface area (Å²) in [5.41, 5.74) is 0.222. The molecular formula is C16H16N4O2S. The van der Waals surface area contributed by atoms with E-state index in [0.717, 1.165) is 5.75 Å². The lowest BCUT2D eigenvalue weighted by Crippen LogP contribution is -2.33. The van der Waals surface area contributed by atoms with Gasteiger partial charge >= 0.3 is 5.69 Å². The molecule has 1 N–H and O–H groups in total. The van der Waals surface area contributed by atoms with E-state index in [9.17, 15) is 9.59 Å². The summed E-state index contributed by atoms with van der Waals surface area (Å²) in [6.07, 6.45) is 1.63. The number of aromatic nitrogens is 3. The molecule has 3 rings (SSSR count). The minimum absolute atomic E-state index is 0.0729. The Hall–Kier alpha value is -2.54. The van der Waals surface area contributed by atoms with Gasteiger partial charge in [0.1, 0.15) is 6.54 Å². The summed E-state index contributed by atoms with van der Waals surface area (Å²) in [6.45, 7) is 0.469. The fraction of sp³-hybridized carbons (Fsp3) is 0.188. The molecule has 0 saturated heterocycles. The summed E-state index contributed by atoms with van der Waals surface area (Å²) in [7, 11) is 0. The number of amides is 1. The van der Waals surface area contributed by atoms with Crippen molar-refractivity contribution in [2.75, 3.05) is 12.3 Å². The van der Waals surface area contributed by atoms with E-state index in [2.05, 4.69) is 10.4 Å². The molecule has 0 aliphatic heterocycles. The van der Waals surface area contributed by atoms with Gasteiger partial charge in [0.25, 0.3) is 0 Å². The van der Waals surface area contributed by atoms with Crippen LogP contribution in [-0.2, 0) is 11.3 Å². The Morgan fingerprint density at radius 2 is 1.91 bits per heavy atom. The number of hydrogen-bond acceptors (Lipinski definition) is 4. The predicted octanol–water partition coefficient (Wildman–Crippen LogP) is 1.40. The zero-order valence-corrected chi connectivity index (χ0v) is 13.2. The summed E-state index contributed by atoms with van der Waals surface area (Å²) in [4.78, 5) is 25.1. The second kappa shape index (κ2) is 7.15. The molecule has 0 fully saturated rings. The maximum atomic E-state index is 12.1. The van der Waals surface area contributed by atoms with Crippen LogP contribution in [0.15, 0.2) is 64.4 Å². The quantitative estimate of drug-likeness (QED) is 0.549. The first kappa shape index (κ1) is 15.4. The zero-order valence-electron chi connectivity index (χ0n) is 12.4. The number of pyridine rings is 1. The normalized spacial score (nSPS) is 10.8.